The largest absolute Gasteiger partial charge is 0.135 e. The molecule has 1 aliphatic rings. The third kappa shape index (κ3) is 8.90. The lowest BCUT2D eigenvalue weighted by atomic mass is 9.83. The molecule has 3 heteroatoms. The predicted octanol–water partition coefficient (Wildman–Crippen LogP) is 31.3. The Bertz CT molecular complexity index is 7790. The summed E-state index contributed by atoms with van der Waals surface area (Å²) >= 11 is 5.80. The van der Waals surface area contributed by atoms with E-state index in [1.54, 1.807) is 0 Å². The van der Waals surface area contributed by atoms with Gasteiger partial charge in [0.1, 0.15) is 0 Å². The Labute approximate surface area is 634 Å². The highest BCUT2D eigenvalue weighted by atomic mass is 32.1. The van der Waals surface area contributed by atoms with Crippen molar-refractivity contribution in [1.29, 1.82) is 0 Å². The Hall–Kier alpha value is -12.9. The van der Waals surface area contributed by atoms with Crippen molar-refractivity contribution in [2.45, 2.75) is 6.42 Å². The summed E-state index contributed by atoms with van der Waals surface area (Å²) in [4.78, 5) is 0. The molecule has 23 aromatic rings. The molecule has 108 heavy (non-hydrogen) atoms. The summed E-state index contributed by atoms with van der Waals surface area (Å²) in [6, 6.07) is 134. The maximum atomic E-state index is 2.53. The highest BCUT2D eigenvalue weighted by Crippen LogP contribution is 2.54. The van der Waals surface area contributed by atoms with Gasteiger partial charge in [-0.25, -0.2) is 0 Å². The molecule has 3 heterocycles. The van der Waals surface area contributed by atoms with Crippen molar-refractivity contribution in [3.63, 3.8) is 0 Å². The average molecular weight is 1420 g/mol. The Kier molecular flexibility index (Phi) is 13.0. The number of fused-ring (bicyclic) bond motifs is 23. The van der Waals surface area contributed by atoms with Gasteiger partial charge in [0, 0.05) is 72.5 Å². The van der Waals surface area contributed by atoms with E-state index in [-0.39, 0.29) is 0 Å². The first-order valence-electron chi connectivity index (χ1n) is 37.4. The van der Waals surface area contributed by atoms with Crippen LogP contribution < -0.4 is 0 Å². The summed E-state index contributed by atoms with van der Waals surface area (Å²) in [6.07, 6.45) is 0.965. The second-order valence-corrected chi connectivity index (χ2v) is 32.6. The zero-order valence-corrected chi connectivity index (χ0v) is 60.9. The minimum absolute atomic E-state index is 0.965. The topological polar surface area (TPSA) is 0 Å². The molecule has 0 saturated heterocycles. The van der Waals surface area contributed by atoms with Gasteiger partial charge in [0.25, 0.3) is 0 Å². The molecule has 0 saturated carbocycles. The molecule has 20 aromatic carbocycles. The molecular weight excluding hydrogens is 1360 g/mol. The smallest absolute Gasteiger partial charge is 0.0434 e. The predicted molar refractivity (Wildman–Crippen MR) is 471 cm³/mol. The number of hydrogen-bond donors (Lipinski definition) is 0. The Morgan fingerprint density at radius 3 is 1.25 bits per heavy atom. The van der Waals surface area contributed by atoms with Crippen LogP contribution in [0.25, 0.3) is 236 Å². The molecule has 0 atom stereocenters. The van der Waals surface area contributed by atoms with Crippen molar-refractivity contribution in [1.82, 2.24) is 0 Å². The minimum atomic E-state index is 0.965. The highest BCUT2D eigenvalue weighted by Gasteiger charge is 2.27. The van der Waals surface area contributed by atoms with Gasteiger partial charge >= 0.3 is 0 Å². The molecule has 0 unspecified atom stereocenters. The van der Waals surface area contributed by atoms with Crippen molar-refractivity contribution < 1.29 is 0 Å². The van der Waals surface area contributed by atoms with E-state index in [0.29, 0.717) is 0 Å². The second-order valence-electron chi connectivity index (χ2n) is 29.5. The first-order valence-corrected chi connectivity index (χ1v) is 39.8. The average Bonchev–Trinajstić information content (AvgIpc) is 1.35. The molecule has 1 aliphatic carbocycles. The molecule has 0 radical (unpaired) electrons. The molecule has 0 aliphatic heterocycles. The van der Waals surface area contributed by atoms with Crippen LogP contribution in [0.3, 0.4) is 0 Å². The molecule has 3 aromatic heterocycles. The van der Waals surface area contributed by atoms with Crippen molar-refractivity contribution in [2.75, 3.05) is 0 Å². The lowest BCUT2D eigenvalue weighted by Crippen LogP contribution is -1.93. The van der Waals surface area contributed by atoms with E-state index < -0.39 is 0 Å². The maximum Gasteiger partial charge on any atom is 0.0434 e. The standard InChI is InChI=1S/C105H60S3/c1-4-28-69-60(20-1)23-17-42-77(69)101-83-35-11-7-31-79(83)100(80-32-8-12-36-84(80)101)67-27-16-25-64(53-67)68-55-91(105-92(56-68)90-58-94-98(59-97(90)108-105)106-96-51-45-62-22-3-6-30-71(62)103(94)96)74-41-18-40-73-72(74)39-19-43-78(73)102-85-37-13-9-33-81(85)99(82-34-10-14-38-86(82)102)66-26-15-24-63(52-66)65-46-50-95-89(54-65)87-49-48-76-75-47-44-61-21-2-5-29-70(61)88(75)57-93(76)104(87)107-95/h1-56,58-59H,57H2. The summed E-state index contributed by atoms with van der Waals surface area (Å²) < 4.78 is 7.99. The first-order chi connectivity index (χ1) is 53.5. The normalized spacial score (nSPS) is 12.4. The van der Waals surface area contributed by atoms with E-state index in [2.05, 4.69) is 352 Å². The summed E-state index contributed by atoms with van der Waals surface area (Å²) in [6.45, 7) is 0. The monoisotopic (exact) mass is 1420 g/mol. The lowest BCUT2D eigenvalue weighted by molar-refractivity contribution is 1.31. The highest BCUT2D eigenvalue weighted by molar-refractivity contribution is 7.28. The Morgan fingerprint density at radius 1 is 0.167 bits per heavy atom. The fraction of sp³-hybridized carbons (Fsp3) is 0.00952. The number of hydrogen-bond acceptors (Lipinski definition) is 3. The van der Waals surface area contributed by atoms with Gasteiger partial charge in [0.05, 0.1) is 0 Å². The number of benzene rings is 20. The fourth-order valence-electron chi connectivity index (χ4n) is 19.1. The van der Waals surface area contributed by atoms with Crippen molar-refractivity contribution in [3.05, 3.63) is 363 Å². The summed E-state index contributed by atoms with van der Waals surface area (Å²) in [5.41, 5.74) is 22.9. The van der Waals surface area contributed by atoms with Crippen LogP contribution in [0.15, 0.2) is 352 Å². The van der Waals surface area contributed by atoms with E-state index in [4.69, 9.17) is 0 Å². The van der Waals surface area contributed by atoms with Crippen LogP contribution in [0, 0.1) is 0 Å². The van der Waals surface area contributed by atoms with Crippen LogP contribution >= 0.6 is 34.0 Å². The molecule has 0 spiro atoms. The Morgan fingerprint density at radius 2 is 0.593 bits per heavy atom. The van der Waals surface area contributed by atoms with Gasteiger partial charge in [0.15, 0.2) is 0 Å². The quantitative estimate of drug-likeness (QED) is 0.140. The van der Waals surface area contributed by atoms with Crippen LogP contribution in [0.5, 0.6) is 0 Å². The first kappa shape index (κ1) is 60.4. The van der Waals surface area contributed by atoms with Gasteiger partial charge < -0.3 is 0 Å². The van der Waals surface area contributed by atoms with Gasteiger partial charge in [-0.2, -0.15) is 0 Å². The van der Waals surface area contributed by atoms with E-state index in [1.807, 2.05) is 34.0 Å². The van der Waals surface area contributed by atoms with Crippen LogP contribution in [-0.4, -0.2) is 0 Å². The van der Waals surface area contributed by atoms with E-state index in [9.17, 15) is 0 Å². The molecule has 0 fully saturated rings. The molecule has 24 rings (SSSR count). The third-order valence-corrected chi connectivity index (χ3v) is 27.4. The second kappa shape index (κ2) is 23.3. The zero-order valence-electron chi connectivity index (χ0n) is 58.4. The molecule has 0 amide bonds. The van der Waals surface area contributed by atoms with E-state index in [0.717, 1.165) is 6.42 Å². The number of rotatable bonds is 7. The molecule has 0 N–H and O–H groups in total. The zero-order chi connectivity index (χ0) is 70.4. The van der Waals surface area contributed by atoms with Crippen molar-refractivity contribution in [2.24, 2.45) is 0 Å². The van der Waals surface area contributed by atoms with E-state index >= 15 is 0 Å². The van der Waals surface area contributed by atoms with Crippen LogP contribution in [-0.2, 0) is 6.42 Å². The van der Waals surface area contributed by atoms with Crippen LogP contribution in [0.1, 0.15) is 11.1 Å². The number of thiophene rings is 3. The van der Waals surface area contributed by atoms with Gasteiger partial charge in [0.2, 0.25) is 0 Å². The summed E-state index contributed by atoms with van der Waals surface area (Å²) in [7, 11) is 0. The lowest BCUT2D eigenvalue weighted by Gasteiger charge is -2.20. The SMILES string of the molecule is c1cc(-c2cc(-c3cccc4c(-c5c6ccccc6c(-c6cccc(-c7ccc8sc9c%10c(ccc9c8c7)-c7ccc8ccccc8c7C%10)c6)c6ccccc56)cccc34)c3sc4cc5sc6ccc7ccccc7c6c5cc4c3c2)cc(-c2c3ccccc3c(-c3cccc4ccccc34)c3ccccc23)c1. The van der Waals surface area contributed by atoms with Crippen molar-refractivity contribution in [3.8, 4) is 89.0 Å². The van der Waals surface area contributed by atoms with Crippen LogP contribution in [0.4, 0.5) is 0 Å². The third-order valence-electron chi connectivity index (χ3n) is 23.9. The molecule has 0 bridgehead atoms. The summed E-state index contributed by atoms with van der Waals surface area (Å²) in [5, 5.41) is 28.1. The molecular formula is C105H60S3. The molecule has 498 valence electrons. The van der Waals surface area contributed by atoms with Gasteiger partial charge in [-0.1, -0.05) is 297 Å². The van der Waals surface area contributed by atoms with Crippen molar-refractivity contribution >= 4 is 181 Å². The van der Waals surface area contributed by atoms with Gasteiger partial charge in [-0.05, 0) is 235 Å². The van der Waals surface area contributed by atoms with Gasteiger partial charge in [-0.15, -0.1) is 34.0 Å². The maximum absolute atomic E-state index is 2.53. The van der Waals surface area contributed by atoms with E-state index in [1.165, 1.54) is 247 Å². The van der Waals surface area contributed by atoms with Gasteiger partial charge in [-0.3, -0.25) is 0 Å². The fourth-order valence-corrected chi connectivity index (χ4v) is 22.8. The summed E-state index contributed by atoms with van der Waals surface area (Å²) in [5.74, 6) is 0. The minimum Gasteiger partial charge on any atom is -0.135 e. The Balaban J connectivity index is 0.673. The molecule has 0 nitrogen and oxygen atoms in total. The van der Waals surface area contributed by atoms with Crippen LogP contribution in [0.2, 0.25) is 0 Å².